The molecule has 2 heterocycles. The summed E-state index contributed by atoms with van der Waals surface area (Å²) in [5.41, 5.74) is 1.86. The third-order valence-electron chi connectivity index (χ3n) is 2.98. The van der Waals surface area contributed by atoms with E-state index in [0.29, 0.717) is 21.1 Å². The molecule has 0 aliphatic carbocycles. The Bertz CT molecular complexity index is 889. The number of hydrogen-bond acceptors (Lipinski definition) is 5. The lowest BCUT2D eigenvalue weighted by Gasteiger charge is -2.08. The molecule has 106 valence electrons. The van der Waals surface area contributed by atoms with Gasteiger partial charge in [-0.2, -0.15) is 0 Å². The molecule has 0 radical (unpaired) electrons. The number of nitrogens with zero attached hydrogens (tertiary/aromatic N) is 3. The maximum atomic E-state index is 12.4. The van der Waals surface area contributed by atoms with Gasteiger partial charge in [-0.25, -0.2) is 0 Å². The molecular weight excluding hydrogens is 312 g/mol. The third kappa shape index (κ3) is 2.53. The Kier molecular flexibility index (Phi) is 3.44. The lowest BCUT2D eigenvalue weighted by Crippen LogP contribution is -2.23. The van der Waals surface area contributed by atoms with E-state index in [4.69, 9.17) is 11.6 Å². The average Bonchev–Trinajstić information content (AvgIpc) is 2.95. The maximum Gasteiger partial charge on any atom is 0.262 e. The van der Waals surface area contributed by atoms with Crippen LogP contribution in [0.2, 0.25) is 5.02 Å². The van der Waals surface area contributed by atoms with E-state index in [-0.39, 0.29) is 11.0 Å². The first-order valence-electron chi connectivity index (χ1n) is 5.92. The van der Waals surface area contributed by atoms with Gasteiger partial charge in [0.2, 0.25) is 10.6 Å². The molecule has 1 amide bonds. The second-order valence-electron chi connectivity index (χ2n) is 4.34. The molecule has 8 heteroatoms. The molecule has 21 heavy (non-hydrogen) atoms. The van der Waals surface area contributed by atoms with Crippen LogP contribution in [0.1, 0.15) is 10.4 Å². The molecule has 1 N–H and O–H groups in total. The van der Waals surface area contributed by atoms with E-state index in [1.807, 2.05) is 0 Å². The number of amides is 1. The minimum atomic E-state index is -0.519. The Hall–Kier alpha value is -2.25. The van der Waals surface area contributed by atoms with Gasteiger partial charge in [0, 0.05) is 23.7 Å². The van der Waals surface area contributed by atoms with Crippen molar-refractivity contribution in [2.45, 2.75) is 0 Å². The summed E-state index contributed by atoms with van der Waals surface area (Å²) in [6, 6.07) is 5.00. The van der Waals surface area contributed by atoms with Crippen molar-refractivity contribution in [2.75, 3.05) is 5.32 Å². The van der Waals surface area contributed by atoms with Crippen molar-refractivity contribution in [2.24, 2.45) is 7.05 Å². The summed E-state index contributed by atoms with van der Waals surface area (Å²) in [5.74, 6) is -0.519. The van der Waals surface area contributed by atoms with Crippen LogP contribution in [-0.4, -0.2) is 20.7 Å². The highest BCUT2D eigenvalue weighted by Gasteiger charge is 2.16. The van der Waals surface area contributed by atoms with Crippen LogP contribution in [0, 0.1) is 0 Å². The number of aryl methyl sites for hydroxylation is 1. The van der Waals surface area contributed by atoms with Gasteiger partial charge in [0.05, 0.1) is 5.52 Å². The number of anilines is 1. The number of rotatable bonds is 2. The van der Waals surface area contributed by atoms with Crippen LogP contribution in [0.5, 0.6) is 0 Å². The predicted octanol–water partition coefficient (Wildman–Crippen LogP) is 2.30. The number of fused-ring (bicyclic) bond motifs is 1. The van der Waals surface area contributed by atoms with E-state index in [1.165, 1.54) is 23.0 Å². The fraction of sp³-hybridized carbons (Fsp3) is 0.0769. The molecule has 0 aliphatic rings. The van der Waals surface area contributed by atoms with Crippen molar-refractivity contribution in [3.05, 3.63) is 50.7 Å². The van der Waals surface area contributed by atoms with Gasteiger partial charge in [-0.15, -0.1) is 10.2 Å². The fourth-order valence-corrected chi connectivity index (χ4v) is 2.63. The molecule has 0 bridgehead atoms. The Morgan fingerprint density at radius 1 is 1.43 bits per heavy atom. The molecule has 0 aliphatic heterocycles. The first kappa shape index (κ1) is 13.7. The van der Waals surface area contributed by atoms with Gasteiger partial charge in [0.15, 0.2) is 0 Å². The number of nitrogens with one attached hydrogen (secondary N) is 1. The van der Waals surface area contributed by atoms with Crippen LogP contribution in [0.25, 0.3) is 10.9 Å². The number of carbonyl (C=O) groups excluding carboxylic acids is 1. The van der Waals surface area contributed by atoms with Gasteiger partial charge in [-0.05, 0) is 18.2 Å². The van der Waals surface area contributed by atoms with E-state index in [1.54, 1.807) is 29.8 Å². The monoisotopic (exact) mass is 320 g/mol. The summed E-state index contributed by atoms with van der Waals surface area (Å²) in [4.78, 5) is 24.6. The number of aromatic nitrogens is 3. The van der Waals surface area contributed by atoms with Crippen molar-refractivity contribution < 1.29 is 4.79 Å². The molecule has 2 aromatic heterocycles. The van der Waals surface area contributed by atoms with E-state index in [9.17, 15) is 9.59 Å². The highest BCUT2D eigenvalue weighted by atomic mass is 35.5. The fourth-order valence-electron chi connectivity index (χ4n) is 2.02. The van der Waals surface area contributed by atoms with Gasteiger partial charge in [-0.3, -0.25) is 14.9 Å². The molecule has 0 fully saturated rings. The summed E-state index contributed by atoms with van der Waals surface area (Å²) in [7, 11) is 1.76. The van der Waals surface area contributed by atoms with Gasteiger partial charge in [0.1, 0.15) is 11.1 Å². The zero-order chi connectivity index (χ0) is 15.0. The summed E-state index contributed by atoms with van der Waals surface area (Å²) in [5, 5.41) is 11.1. The molecule has 0 saturated carbocycles. The van der Waals surface area contributed by atoms with Crippen LogP contribution in [-0.2, 0) is 7.05 Å². The zero-order valence-corrected chi connectivity index (χ0v) is 12.4. The summed E-state index contributed by atoms with van der Waals surface area (Å²) in [6.45, 7) is 0. The molecule has 0 spiro atoms. The van der Waals surface area contributed by atoms with E-state index >= 15 is 0 Å². The summed E-state index contributed by atoms with van der Waals surface area (Å²) < 4.78 is 1.71. The molecule has 0 atom stereocenters. The Morgan fingerprint density at radius 3 is 2.95 bits per heavy atom. The standard InChI is InChI=1S/C13H9ClN4O2S/c1-18-5-9(12(20)16-13-17-15-6-21-13)11(19)8-4-7(14)2-3-10(8)18/h2-6H,1H3,(H,16,17,20). The van der Waals surface area contributed by atoms with Crippen LogP contribution >= 0.6 is 22.9 Å². The third-order valence-corrected chi connectivity index (χ3v) is 3.82. The van der Waals surface area contributed by atoms with E-state index in [2.05, 4.69) is 15.5 Å². The van der Waals surface area contributed by atoms with Crippen LogP contribution in [0.4, 0.5) is 5.13 Å². The van der Waals surface area contributed by atoms with Gasteiger partial charge < -0.3 is 4.57 Å². The molecule has 0 unspecified atom stereocenters. The highest BCUT2D eigenvalue weighted by Crippen LogP contribution is 2.17. The maximum absolute atomic E-state index is 12.4. The lowest BCUT2D eigenvalue weighted by atomic mass is 10.1. The topological polar surface area (TPSA) is 76.9 Å². The van der Waals surface area contributed by atoms with Crippen LogP contribution in [0.15, 0.2) is 34.7 Å². The Labute approximate surface area is 128 Å². The summed E-state index contributed by atoms with van der Waals surface area (Å²) >= 11 is 7.10. The summed E-state index contributed by atoms with van der Waals surface area (Å²) in [6.07, 6.45) is 1.49. The first-order valence-corrected chi connectivity index (χ1v) is 7.18. The molecule has 3 aromatic rings. The largest absolute Gasteiger partial charge is 0.350 e. The van der Waals surface area contributed by atoms with Crippen molar-refractivity contribution >= 4 is 44.9 Å². The number of hydrogen-bond donors (Lipinski definition) is 1. The molecule has 0 saturated heterocycles. The number of pyridine rings is 1. The second-order valence-corrected chi connectivity index (χ2v) is 5.61. The molecule has 1 aromatic carbocycles. The number of halogens is 1. The predicted molar refractivity (Wildman–Crippen MR) is 82.1 cm³/mol. The Morgan fingerprint density at radius 2 is 2.24 bits per heavy atom. The van der Waals surface area contributed by atoms with E-state index < -0.39 is 5.91 Å². The number of benzene rings is 1. The second kappa shape index (κ2) is 5.27. The molecule has 6 nitrogen and oxygen atoms in total. The first-order chi connectivity index (χ1) is 10.1. The lowest BCUT2D eigenvalue weighted by molar-refractivity contribution is 0.102. The minimum absolute atomic E-state index is 0.0301. The van der Waals surface area contributed by atoms with Gasteiger partial charge in [-0.1, -0.05) is 22.9 Å². The van der Waals surface area contributed by atoms with E-state index in [0.717, 1.165) is 0 Å². The van der Waals surface area contributed by atoms with Crippen LogP contribution in [0.3, 0.4) is 0 Å². The Balaban J connectivity index is 2.13. The normalized spacial score (nSPS) is 10.8. The number of carbonyl (C=O) groups is 1. The van der Waals surface area contributed by atoms with Crippen molar-refractivity contribution in [1.29, 1.82) is 0 Å². The molecular formula is C13H9ClN4O2S. The van der Waals surface area contributed by atoms with Crippen molar-refractivity contribution in [1.82, 2.24) is 14.8 Å². The van der Waals surface area contributed by atoms with Crippen LogP contribution < -0.4 is 10.7 Å². The minimum Gasteiger partial charge on any atom is -0.350 e. The smallest absolute Gasteiger partial charge is 0.262 e. The van der Waals surface area contributed by atoms with Gasteiger partial charge in [0.25, 0.3) is 5.91 Å². The SMILES string of the molecule is Cn1cc(C(=O)Nc2nncs2)c(=O)c2cc(Cl)ccc21. The highest BCUT2D eigenvalue weighted by molar-refractivity contribution is 7.13. The quantitative estimate of drug-likeness (QED) is 0.786. The van der Waals surface area contributed by atoms with Crippen molar-refractivity contribution in [3.8, 4) is 0 Å². The van der Waals surface area contributed by atoms with Gasteiger partial charge >= 0.3 is 0 Å². The average molecular weight is 321 g/mol. The zero-order valence-electron chi connectivity index (χ0n) is 10.8. The molecule has 3 rings (SSSR count). The van der Waals surface area contributed by atoms with Crippen molar-refractivity contribution in [3.63, 3.8) is 0 Å².